The molecule has 7 nitrogen and oxygen atoms in total. The average Bonchev–Trinajstić information content (AvgIpc) is 2.75. The van der Waals surface area contributed by atoms with Crippen molar-refractivity contribution < 1.29 is 24.5 Å². The first kappa shape index (κ1) is 16.7. The molecular weight excluding hydrogens is 264 g/mol. The van der Waals surface area contributed by atoms with E-state index in [9.17, 15) is 14.7 Å². The molecule has 1 saturated heterocycles. The average molecular weight is 288 g/mol. The normalized spacial score (nSPS) is 22.4. The minimum absolute atomic E-state index is 0.0117. The molecule has 0 bridgehead atoms. The topological polar surface area (TPSA) is 113 Å². The van der Waals surface area contributed by atoms with Crippen LogP contribution in [0, 0.1) is 5.92 Å². The van der Waals surface area contributed by atoms with Gasteiger partial charge in [0.25, 0.3) is 0 Å². The number of aliphatic hydroxyl groups is 1. The van der Waals surface area contributed by atoms with Crippen molar-refractivity contribution in [2.24, 2.45) is 11.7 Å². The van der Waals surface area contributed by atoms with E-state index >= 15 is 0 Å². The number of carboxylic acids is 1. The third-order valence-corrected chi connectivity index (χ3v) is 3.23. The summed E-state index contributed by atoms with van der Waals surface area (Å²) in [5, 5.41) is 18.7. The number of hydrogen-bond donors (Lipinski definition) is 3. The summed E-state index contributed by atoms with van der Waals surface area (Å²) in [5.74, 6) is -1.29. The summed E-state index contributed by atoms with van der Waals surface area (Å²) in [6.45, 7) is 6.24. The van der Waals surface area contributed by atoms with Crippen LogP contribution < -0.4 is 5.73 Å². The van der Waals surface area contributed by atoms with E-state index < -0.39 is 29.8 Å². The highest BCUT2D eigenvalue weighted by Crippen LogP contribution is 2.24. The zero-order chi connectivity index (χ0) is 15.5. The predicted octanol–water partition coefficient (Wildman–Crippen LogP) is 0.406. The standard InChI is InChI=1S/C13H24N2O5/c1-13(2,3)20-12(19)15-5-4-8(7-15)10(16)6-9(14)11(17)18/h8-10,16H,4-7,14H2,1-3H3,(H,17,18). The lowest BCUT2D eigenvalue weighted by atomic mass is 9.96. The highest BCUT2D eigenvalue weighted by molar-refractivity contribution is 5.73. The molecule has 116 valence electrons. The van der Waals surface area contributed by atoms with E-state index in [4.69, 9.17) is 15.6 Å². The number of carbonyl (C=O) groups excluding carboxylic acids is 1. The Labute approximate surface area is 118 Å². The molecule has 7 heteroatoms. The molecule has 1 amide bonds. The molecule has 1 aliphatic heterocycles. The Bertz CT molecular complexity index is 366. The second-order valence-electron chi connectivity index (χ2n) is 6.22. The largest absolute Gasteiger partial charge is 0.480 e. The highest BCUT2D eigenvalue weighted by Gasteiger charge is 2.34. The minimum Gasteiger partial charge on any atom is -0.480 e. The number of rotatable bonds is 4. The van der Waals surface area contributed by atoms with Gasteiger partial charge in [0, 0.05) is 19.0 Å². The molecule has 3 unspecified atom stereocenters. The van der Waals surface area contributed by atoms with Gasteiger partial charge in [-0.15, -0.1) is 0 Å². The number of aliphatic hydroxyl groups excluding tert-OH is 1. The van der Waals surface area contributed by atoms with Crippen LogP contribution in [-0.4, -0.2) is 58.0 Å². The lowest BCUT2D eigenvalue weighted by Gasteiger charge is -2.25. The smallest absolute Gasteiger partial charge is 0.410 e. The molecule has 0 aromatic rings. The van der Waals surface area contributed by atoms with Crippen molar-refractivity contribution in [3.05, 3.63) is 0 Å². The third kappa shape index (κ3) is 4.97. The van der Waals surface area contributed by atoms with Crippen molar-refractivity contribution in [2.75, 3.05) is 13.1 Å². The zero-order valence-electron chi connectivity index (χ0n) is 12.2. The van der Waals surface area contributed by atoms with E-state index in [2.05, 4.69) is 0 Å². The van der Waals surface area contributed by atoms with Crippen LogP contribution in [0.3, 0.4) is 0 Å². The zero-order valence-corrected chi connectivity index (χ0v) is 12.2. The minimum atomic E-state index is -1.13. The van der Waals surface area contributed by atoms with Crippen molar-refractivity contribution >= 4 is 12.1 Å². The number of aliphatic carboxylic acids is 1. The number of nitrogens with two attached hydrogens (primary N) is 1. The number of amides is 1. The van der Waals surface area contributed by atoms with Crippen LogP contribution in [0.2, 0.25) is 0 Å². The molecule has 1 rings (SSSR count). The Morgan fingerprint density at radius 2 is 2.05 bits per heavy atom. The van der Waals surface area contributed by atoms with Crippen molar-refractivity contribution in [2.45, 2.75) is 51.4 Å². The second kappa shape index (κ2) is 6.41. The van der Waals surface area contributed by atoms with Gasteiger partial charge in [-0.2, -0.15) is 0 Å². The maximum atomic E-state index is 11.9. The van der Waals surface area contributed by atoms with E-state index in [1.165, 1.54) is 4.90 Å². The van der Waals surface area contributed by atoms with E-state index in [0.29, 0.717) is 19.5 Å². The maximum Gasteiger partial charge on any atom is 0.410 e. The molecule has 0 spiro atoms. The molecule has 1 fully saturated rings. The molecule has 0 radical (unpaired) electrons. The van der Waals surface area contributed by atoms with Crippen LogP contribution in [0.25, 0.3) is 0 Å². The molecule has 0 aromatic heterocycles. The first-order valence-electron chi connectivity index (χ1n) is 6.74. The van der Waals surface area contributed by atoms with Crippen molar-refractivity contribution in [3.63, 3.8) is 0 Å². The summed E-state index contributed by atoms with van der Waals surface area (Å²) in [5.41, 5.74) is 4.84. The van der Waals surface area contributed by atoms with Gasteiger partial charge in [0.2, 0.25) is 0 Å². The van der Waals surface area contributed by atoms with Gasteiger partial charge >= 0.3 is 12.1 Å². The quantitative estimate of drug-likeness (QED) is 0.690. The van der Waals surface area contributed by atoms with Gasteiger partial charge in [-0.05, 0) is 33.6 Å². The van der Waals surface area contributed by atoms with Crippen LogP contribution in [0.15, 0.2) is 0 Å². The summed E-state index contributed by atoms with van der Waals surface area (Å²) < 4.78 is 5.26. The summed E-state index contributed by atoms with van der Waals surface area (Å²) in [4.78, 5) is 24.1. The monoisotopic (exact) mass is 288 g/mol. The van der Waals surface area contributed by atoms with Gasteiger partial charge in [0.1, 0.15) is 11.6 Å². The summed E-state index contributed by atoms with van der Waals surface area (Å²) in [7, 11) is 0. The fraction of sp³-hybridized carbons (Fsp3) is 0.846. The Morgan fingerprint density at radius 3 is 2.55 bits per heavy atom. The molecule has 0 aromatic carbocycles. The first-order valence-corrected chi connectivity index (χ1v) is 6.74. The molecular formula is C13H24N2O5. The van der Waals surface area contributed by atoms with Gasteiger partial charge in [-0.1, -0.05) is 0 Å². The Balaban J connectivity index is 2.46. The molecule has 0 aliphatic carbocycles. The van der Waals surface area contributed by atoms with E-state index in [1.807, 2.05) is 0 Å². The van der Waals surface area contributed by atoms with Crippen molar-refractivity contribution in [3.8, 4) is 0 Å². The van der Waals surface area contributed by atoms with Gasteiger partial charge < -0.3 is 25.6 Å². The van der Waals surface area contributed by atoms with Gasteiger partial charge in [-0.25, -0.2) is 4.79 Å². The number of ether oxygens (including phenoxy) is 1. The number of carboxylic acid groups (broad SMARTS) is 1. The Morgan fingerprint density at radius 1 is 1.45 bits per heavy atom. The third-order valence-electron chi connectivity index (χ3n) is 3.23. The van der Waals surface area contributed by atoms with Crippen LogP contribution in [0.1, 0.15) is 33.6 Å². The van der Waals surface area contributed by atoms with Crippen molar-refractivity contribution in [1.29, 1.82) is 0 Å². The lowest BCUT2D eigenvalue weighted by Crippen LogP contribution is -2.39. The van der Waals surface area contributed by atoms with Crippen LogP contribution in [0.5, 0.6) is 0 Å². The first-order chi connectivity index (χ1) is 9.10. The summed E-state index contributed by atoms with van der Waals surface area (Å²) in [6, 6.07) is -1.08. The maximum absolute atomic E-state index is 11.9. The molecule has 4 N–H and O–H groups in total. The van der Waals surface area contributed by atoms with E-state index in [-0.39, 0.29) is 12.3 Å². The number of nitrogens with zero attached hydrogens (tertiary/aromatic N) is 1. The fourth-order valence-corrected chi connectivity index (χ4v) is 2.15. The molecule has 1 aliphatic rings. The van der Waals surface area contributed by atoms with Crippen LogP contribution in [0.4, 0.5) is 4.79 Å². The second-order valence-corrected chi connectivity index (χ2v) is 6.22. The van der Waals surface area contributed by atoms with Crippen LogP contribution in [-0.2, 0) is 9.53 Å². The van der Waals surface area contributed by atoms with Crippen molar-refractivity contribution in [1.82, 2.24) is 4.90 Å². The van der Waals surface area contributed by atoms with Crippen LogP contribution >= 0.6 is 0 Å². The number of likely N-dealkylation sites (tertiary alicyclic amines) is 1. The molecule has 3 atom stereocenters. The van der Waals surface area contributed by atoms with Gasteiger partial charge in [-0.3, -0.25) is 4.79 Å². The van der Waals surface area contributed by atoms with Gasteiger partial charge in [0.05, 0.1) is 6.10 Å². The van der Waals surface area contributed by atoms with E-state index in [1.54, 1.807) is 20.8 Å². The molecule has 1 heterocycles. The fourth-order valence-electron chi connectivity index (χ4n) is 2.15. The predicted molar refractivity (Wildman–Crippen MR) is 72.1 cm³/mol. The summed E-state index contributed by atoms with van der Waals surface area (Å²) in [6.07, 6.45) is -0.627. The summed E-state index contributed by atoms with van der Waals surface area (Å²) >= 11 is 0. The van der Waals surface area contributed by atoms with Gasteiger partial charge in [0.15, 0.2) is 0 Å². The number of hydrogen-bond acceptors (Lipinski definition) is 5. The highest BCUT2D eigenvalue weighted by atomic mass is 16.6. The molecule has 20 heavy (non-hydrogen) atoms. The SMILES string of the molecule is CC(C)(C)OC(=O)N1CCC(C(O)CC(N)C(=O)O)C1. The van der Waals surface area contributed by atoms with E-state index in [0.717, 1.165) is 0 Å². The number of carbonyl (C=O) groups is 2. The Kier molecular flexibility index (Phi) is 5.35. The lowest BCUT2D eigenvalue weighted by molar-refractivity contribution is -0.139. The Hall–Kier alpha value is -1.34. The molecule has 0 saturated carbocycles.